The summed E-state index contributed by atoms with van der Waals surface area (Å²) in [4.78, 5) is 29.7. The van der Waals surface area contributed by atoms with E-state index in [1.807, 2.05) is 60.9 Å². The second-order valence-corrected chi connectivity index (χ2v) is 8.29. The topological polar surface area (TPSA) is 85.2 Å². The van der Waals surface area contributed by atoms with Gasteiger partial charge in [0.05, 0.1) is 11.0 Å². The third-order valence-corrected chi connectivity index (χ3v) is 6.01. The molecule has 1 saturated heterocycles. The summed E-state index contributed by atoms with van der Waals surface area (Å²) in [5, 5.41) is 5.99. The van der Waals surface area contributed by atoms with Crippen molar-refractivity contribution in [2.45, 2.75) is 52.2 Å². The van der Waals surface area contributed by atoms with Crippen LogP contribution in [-0.4, -0.2) is 40.6 Å². The van der Waals surface area contributed by atoms with E-state index in [9.17, 15) is 9.59 Å². The van der Waals surface area contributed by atoms with E-state index in [1.54, 1.807) is 0 Å². The first-order valence-corrected chi connectivity index (χ1v) is 11.2. The van der Waals surface area contributed by atoms with E-state index in [2.05, 4.69) is 10.6 Å². The average molecular weight is 435 g/mol. The van der Waals surface area contributed by atoms with E-state index in [4.69, 9.17) is 9.72 Å². The molecule has 32 heavy (non-hydrogen) atoms. The van der Waals surface area contributed by atoms with Crippen LogP contribution in [-0.2, 0) is 27.3 Å². The van der Waals surface area contributed by atoms with Crippen molar-refractivity contribution in [1.82, 2.24) is 14.9 Å². The normalized spacial score (nSPS) is 15.8. The molecule has 2 aromatic carbocycles. The zero-order valence-electron chi connectivity index (χ0n) is 18.7. The number of hydrogen-bond acceptors (Lipinski definition) is 4. The van der Waals surface area contributed by atoms with E-state index in [1.165, 1.54) is 0 Å². The summed E-state index contributed by atoms with van der Waals surface area (Å²) >= 11 is 0. The van der Waals surface area contributed by atoms with Gasteiger partial charge in [-0.05, 0) is 62.4 Å². The van der Waals surface area contributed by atoms with Crippen molar-refractivity contribution in [3.05, 3.63) is 59.4 Å². The van der Waals surface area contributed by atoms with Crippen molar-refractivity contribution >= 4 is 28.5 Å². The summed E-state index contributed by atoms with van der Waals surface area (Å²) in [7, 11) is 0. The van der Waals surface area contributed by atoms with Gasteiger partial charge >= 0.3 is 0 Å². The smallest absolute Gasteiger partial charge is 0.249 e. The molecule has 7 nitrogen and oxygen atoms in total. The molecule has 1 unspecified atom stereocenters. The van der Waals surface area contributed by atoms with Gasteiger partial charge in [-0.25, -0.2) is 4.98 Å². The molecule has 1 atom stereocenters. The highest BCUT2D eigenvalue weighted by Gasteiger charge is 2.23. The molecule has 0 radical (unpaired) electrons. The van der Waals surface area contributed by atoms with Crippen LogP contribution in [0, 0.1) is 13.8 Å². The molecule has 0 aliphatic carbocycles. The first-order chi connectivity index (χ1) is 15.5. The molecular weight excluding hydrogens is 404 g/mol. The number of nitrogens with zero attached hydrogens (tertiary/aromatic N) is 2. The molecule has 1 aliphatic heterocycles. The van der Waals surface area contributed by atoms with E-state index < -0.39 is 0 Å². The first-order valence-electron chi connectivity index (χ1n) is 11.2. The monoisotopic (exact) mass is 434 g/mol. The lowest BCUT2D eigenvalue weighted by Gasteiger charge is -2.13. The summed E-state index contributed by atoms with van der Waals surface area (Å²) in [6.45, 7) is 5.44. The second kappa shape index (κ2) is 9.96. The Morgan fingerprint density at radius 3 is 2.81 bits per heavy atom. The zero-order chi connectivity index (χ0) is 22.5. The SMILES string of the molecule is Cc1cccc(NC(=O)Cn2c(CCCNC(=O)C3CCCO3)nc3ccccc32)c1C. The van der Waals surface area contributed by atoms with Gasteiger partial charge in [0, 0.05) is 25.3 Å². The summed E-state index contributed by atoms with van der Waals surface area (Å²) < 4.78 is 7.39. The van der Waals surface area contributed by atoms with Crippen LogP contribution in [0.3, 0.4) is 0 Å². The van der Waals surface area contributed by atoms with Gasteiger partial charge in [0.1, 0.15) is 18.5 Å². The molecule has 1 fully saturated rings. The quantitative estimate of drug-likeness (QED) is 0.531. The van der Waals surface area contributed by atoms with Gasteiger partial charge in [-0.2, -0.15) is 0 Å². The lowest BCUT2D eigenvalue weighted by molar-refractivity contribution is -0.130. The average Bonchev–Trinajstić information content (AvgIpc) is 3.43. The summed E-state index contributed by atoms with van der Waals surface area (Å²) in [6, 6.07) is 13.7. The molecule has 0 spiro atoms. The number of aryl methyl sites for hydroxylation is 2. The number of para-hydroxylation sites is 2. The standard InChI is InChI=1S/C25H30N4O3/c1-17-8-5-10-19(18(17)2)28-24(30)16-29-21-11-4-3-9-20(21)27-23(29)13-6-14-26-25(31)22-12-7-15-32-22/h3-5,8-11,22H,6-7,12-16H2,1-2H3,(H,26,31)(H,28,30). The number of carbonyl (C=O) groups is 2. The number of fused-ring (bicyclic) bond motifs is 1. The molecule has 168 valence electrons. The van der Waals surface area contributed by atoms with Crippen molar-refractivity contribution in [2.24, 2.45) is 0 Å². The van der Waals surface area contributed by atoms with Gasteiger partial charge in [-0.1, -0.05) is 24.3 Å². The van der Waals surface area contributed by atoms with Gasteiger partial charge in [0.25, 0.3) is 0 Å². The Balaban J connectivity index is 1.42. The predicted molar refractivity (Wildman–Crippen MR) is 125 cm³/mol. The number of rotatable bonds is 8. The molecule has 0 saturated carbocycles. The molecule has 7 heteroatoms. The lowest BCUT2D eigenvalue weighted by Crippen LogP contribution is -2.34. The van der Waals surface area contributed by atoms with Gasteiger partial charge in [0.15, 0.2) is 0 Å². The zero-order valence-corrected chi connectivity index (χ0v) is 18.7. The molecule has 2 amide bonds. The number of anilines is 1. The maximum atomic E-state index is 12.9. The number of benzene rings is 2. The van der Waals surface area contributed by atoms with Crippen LogP contribution in [0.4, 0.5) is 5.69 Å². The fraction of sp³-hybridized carbons (Fsp3) is 0.400. The predicted octanol–water partition coefficient (Wildman–Crippen LogP) is 3.52. The van der Waals surface area contributed by atoms with Crippen molar-refractivity contribution in [1.29, 1.82) is 0 Å². The largest absolute Gasteiger partial charge is 0.368 e. The van der Waals surface area contributed by atoms with Crippen LogP contribution in [0.2, 0.25) is 0 Å². The maximum Gasteiger partial charge on any atom is 0.249 e. The number of ether oxygens (including phenoxy) is 1. The molecule has 3 aromatic rings. The van der Waals surface area contributed by atoms with E-state index in [-0.39, 0.29) is 24.5 Å². The minimum absolute atomic E-state index is 0.0381. The highest BCUT2D eigenvalue weighted by Crippen LogP contribution is 2.20. The number of imidazole rings is 1. The van der Waals surface area contributed by atoms with Crippen LogP contribution >= 0.6 is 0 Å². The fourth-order valence-electron chi connectivity index (χ4n) is 4.07. The van der Waals surface area contributed by atoms with Crippen molar-refractivity contribution in [3.63, 3.8) is 0 Å². The molecule has 1 aromatic heterocycles. The van der Waals surface area contributed by atoms with Crippen molar-refractivity contribution < 1.29 is 14.3 Å². The van der Waals surface area contributed by atoms with Gasteiger partial charge < -0.3 is 19.9 Å². The number of carbonyl (C=O) groups excluding carboxylic acids is 2. The maximum absolute atomic E-state index is 12.9. The Bertz CT molecular complexity index is 1120. The summed E-state index contributed by atoms with van der Waals surface area (Å²) in [5.41, 5.74) is 4.84. The Morgan fingerprint density at radius 1 is 1.16 bits per heavy atom. The number of hydrogen-bond donors (Lipinski definition) is 2. The van der Waals surface area contributed by atoms with E-state index in [0.717, 1.165) is 52.9 Å². The lowest BCUT2D eigenvalue weighted by atomic mass is 10.1. The number of aromatic nitrogens is 2. The fourth-order valence-corrected chi connectivity index (χ4v) is 4.07. The minimum atomic E-state index is -0.312. The van der Waals surface area contributed by atoms with Gasteiger partial charge in [-0.3, -0.25) is 9.59 Å². The number of amides is 2. The third kappa shape index (κ3) is 4.99. The van der Waals surface area contributed by atoms with Crippen LogP contribution in [0.1, 0.15) is 36.2 Å². The summed E-state index contributed by atoms with van der Waals surface area (Å²) in [5.74, 6) is 0.715. The molecule has 2 N–H and O–H groups in total. The second-order valence-electron chi connectivity index (χ2n) is 8.29. The van der Waals surface area contributed by atoms with E-state index >= 15 is 0 Å². The Morgan fingerprint density at radius 2 is 2.00 bits per heavy atom. The van der Waals surface area contributed by atoms with Gasteiger partial charge in [0.2, 0.25) is 11.8 Å². The highest BCUT2D eigenvalue weighted by molar-refractivity contribution is 5.92. The highest BCUT2D eigenvalue weighted by atomic mass is 16.5. The minimum Gasteiger partial charge on any atom is -0.368 e. The third-order valence-electron chi connectivity index (χ3n) is 6.01. The van der Waals surface area contributed by atoms with E-state index in [0.29, 0.717) is 19.6 Å². The molecule has 2 heterocycles. The van der Waals surface area contributed by atoms with Crippen LogP contribution in [0.25, 0.3) is 11.0 Å². The van der Waals surface area contributed by atoms with Gasteiger partial charge in [-0.15, -0.1) is 0 Å². The molecular formula is C25H30N4O3. The van der Waals surface area contributed by atoms with Crippen molar-refractivity contribution in [3.8, 4) is 0 Å². The molecule has 0 bridgehead atoms. The van der Waals surface area contributed by atoms with Crippen LogP contribution < -0.4 is 10.6 Å². The molecule has 4 rings (SSSR count). The Labute approximate surface area is 188 Å². The van der Waals surface area contributed by atoms with Crippen molar-refractivity contribution in [2.75, 3.05) is 18.5 Å². The Kier molecular flexibility index (Phi) is 6.85. The molecule has 1 aliphatic rings. The van der Waals surface area contributed by atoms with Crippen LogP contribution in [0.5, 0.6) is 0 Å². The first kappa shape index (κ1) is 22.0. The summed E-state index contributed by atoms with van der Waals surface area (Å²) in [6.07, 6.45) is 2.81. The number of nitrogens with one attached hydrogen (secondary N) is 2. The van der Waals surface area contributed by atoms with Crippen LogP contribution in [0.15, 0.2) is 42.5 Å². The Hall–Kier alpha value is -3.19.